The first kappa shape index (κ1) is 19.2. The van der Waals surface area contributed by atoms with Crippen molar-refractivity contribution in [3.8, 4) is 0 Å². The van der Waals surface area contributed by atoms with Gasteiger partial charge in [0, 0.05) is 5.92 Å². The highest BCUT2D eigenvalue weighted by Gasteiger charge is 2.38. The minimum Gasteiger partial charge on any atom is -0.465 e. The molecule has 2 unspecified atom stereocenters. The van der Waals surface area contributed by atoms with Gasteiger partial charge in [-0.3, -0.25) is 9.59 Å². The lowest BCUT2D eigenvalue weighted by atomic mass is 9.89. The molecule has 0 amide bonds. The van der Waals surface area contributed by atoms with Crippen LogP contribution in [0.15, 0.2) is 30.3 Å². The summed E-state index contributed by atoms with van der Waals surface area (Å²) in [6.07, 6.45) is -0.297. The smallest absolute Gasteiger partial charge is 0.320 e. The van der Waals surface area contributed by atoms with Gasteiger partial charge in [-0.05, 0) is 26.3 Å². The van der Waals surface area contributed by atoms with Gasteiger partial charge in [0.2, 0.25) is 0 Å². The zero-order chi connectivity index (χ0) is 17.2. The Morgan fingerprint density at radius 1 is 0.957 bits per heavy atom. The summed E-state index contributed by atoms with van der Waals surface area (Å²) in [6, 6.07) is 9.74. The molecule has 0 spiro atoms. The van der Waals surface area contributed by atoms with Gasteiger partial charge in [0.25, 0.3) is 0 Å². The molecule has 5 nitrogen and oxygen atoms in total. The first-order valence-corrected chi connectivity index (χ1v) is 8.00. The number of ether oxygens (including phenoxy) is 3. The van der Waals surface area contributed by atoms with E-state index >= 15 is 0 Å². The van der Waals surface area contributed by atoms with Crippen molar-refractivity contribution in [3.63, 3.8) is 0 Å². The molecule has 0 saturated carbocycles. The average molecular weight is 322 g/mol. The fourth-order valence-corrected chi connectivity index (χ4v) is 2.21. The van der Waals surface area contributed by atoms with Gasteiger partial charge in [0.05, 0.1) is 25.9 Å². The van der Waals surface area contributed by atoms with Gasteiger partial charge >= 0.3 is 11.9 Å². The number of rotatable bonds is 9. The topological polar surface area (TPSA) is 61.8 Å². The first-order valence-electron chi connectivity index (χ1n) is 8.00. The zero-order valence-electron chi connectivity index (χ0n) is 14.3. The summed E-state index contributed by atoms with van der Waals surface area (Å²) in [5.74, 6) is -2.44. The van der Waals surface area contributed by atoms with Crippen LogP contribution in [-0.4, -0.2) is 31.3 Å². The van der Waals surface area contributed by atoms with Crippen LogP contribution < -0.4 is 0 Å². The number of carbonyl (C=O) groups is 2. The molecule has 0 aliphatic rings. The van der Waals surface area contributed by atoms with Crippen LogP contribution in [0.2, 0.25) is 0 Å². The maximum Gasteiger partial charge on any atom is 0.320 e. The molecule has 128 valence electrons. The summed E-state index contributed by atoms with van der Waals surface area (Å²) in [7, 11) is 0. The van der Waals surface area contributed by atoms with Crippen molar-refractivity contribution in [3.05, 3.63) is 35.9 Å². The molecule has 0 aliphatic heterocycles. The molecule has 0 radical (unpaired) electrons. The van der Waals surface area contributed by atoms with Crippen molar-refractivity contribution in [2.45, 2.75) is 40.4 Å². The van der Waals surface area contributed by atoms with Gasteiger partial charge in [-0.15, -0.1) is 0 Å². The Morgan fingerprint density at radius 3 is 1.96 bits per heavy atom. The second-order valence-electron chi connectivity index (χ2n) is 5.34. The van der Waals surface area contributed by atoms with Crippen LogP contribution in [0.3, 0.4) is 0 Å². The highest BCUT2D eigenvalue weighted by atomic mass is 16.6. The SMILES string of the molecule is CCOC(=O)C(C(=O)OCC)C(C)C(C)OCc1ccccc1. The van der Waals surface area contributed by atoms with E-state index in [1.165, 1.54) is 0 Å². The molecule has 0 aliphatic carbocycles. The number of hydrogen-bond acceptors (Lipinski definition) is 5. The minimum atomic E-state index is -0.972. The van der Waals surface area contributed by atoms with E-state index in [0.717, 1.165) is 5.56 Å². The van der Waals surface area contributed by atoms with Crippen LogP contribution >= 0.6 is 0 Å². The van der Waals surface area contributed by atoms with E-state index in [2.05, 4.69) is 0 Å². The Labute approximate surface area is 137 Å². The maximum atomic E-state index is 12.1. The summed E-state index contributed by atoms with van der Waals surface area (Å²) in [5, 5.41) is 0. The Balaban J connectivity index is 2.71. The van der Waals surface area contributed by atoms with Gasteiger partial charge in [0.15, 0.2) is 5.92 Å². The summed E-state index contributed by atoms with van der Waals surface area (Å²) < 4.78 is 15.8. The molecule has 23 heavy (non-hydrogen) atoms. The maximum absolute atomic E-state index is 12.1. The molecule has 2 atom stereocenters. The lowest BCUT2D eigenvalue weighted by Crippen LogP contribution is -2.38. The number of hydrogen-bond donors (Lipinski definition) is 0. The van der Waals surface area contributed by atoms with Crippen molar-refractivity contribution in [1.82, 2.24) is 0 Å². The second kappa shape index (κ2) is 10.0. The highest BCUT2D eigenvalue weighted by Crippen LogP contribution is 2.22. The first-order chi connectivity index (χ1) is 11.0. The van der Waals surface area contributed by atoms with Gasteiger partial charge in [-0.1, -0.05) is 37.3 Å². The normalized spacial score (nSPS) is 13.4. The van der Waals surface area contributed by atoms with Crippen molar-refractivity contribution in [1.29, 1.82) is 0 Å². The van der Waals surface area contributed by atoms with E-state index in [1.54, 1.807) is 20.8 Å². The van der Waals surface area contributed by atoms with Gasteiger partial charge in [0.1, 0.15) is 0 Å². The van der Waals surface area contributed by atoms with E-state index in [0.29, 0.717) is 6.61 Å². The van der Waals surface area contributed by atoms with Gasteiger partial charge in [-0.25, -0.2) is 0 Å². The van der Waals surface area contributed by atoms with E-state index in [1.807, 2.05) is 37.3 Å². The van der Waals surface area contributed by atoms with Gasteiger partial charge < -0.3 is 14.2 Å². The standard InChI is InChI=1S/C18H26O5/c1-5-21-17(19)16(18(20)22-6-2)13(3)14(4)23-12-15-10-8-7-9-11-15/h7-11,13-14,16H,5-6,12H2,1-4H3. The predicted molar refractivity (Wildman–Crippen MR) is 86.6 cm³/mol. The van der Waals surface area contributed by atoms with E-state index in [9.17, 15) is 9.59 Å². The minimum absolute atomic E-state index is 0.223. The Morgan fingerprint density at radius 2 is 1.48 bits per heavy atom. The largest absolute Gasteiger partial charge is 0.465 e. The molecular formula is C18H26O5. The van der Waals surface area contributed by atoms with E-state index < -0.39 is 17.9 Å². The molecule has 0 saturated heterocycles. The quantitative estimate of drug-likeness (QED) is 0.517. The lowest BCUT2D eigenvalue weighted by molar-refractivity contribution is -0.167. The average Bonchev–Trinajstić information content (AvgIpc) is 2.54. The molecule has 0 aromatic heterocycles. The Hall–Kier alpha value is -1.88. The third-order valence-electron chi connectivity index (χ3n) is 3.70. The van der Waals surface area contributed by atoms with Crippen molar-refractivity contribution in [2.75, 3.05) is 13.2 Å². The zero-order valence-corrected chi connectivity index (χ0v) is 14.3. The molecule has 1 aromatic carbocycles. The third-order valence-corrected chi connectivity index (χ3v) is 3.70. The number of benzene rings is 1. The summed E-state index contributed by atoms with van der Waals surface area (Å²) >= 11 is 0. The van der Waals surface area contributed by atoms with E-state index in [-0.39, 0.29) is 25.2 Å². The lowest BCUT2D eigenvalue weighted by Gasteiger charge is -2.26. The summed E-state index contributed by atoms with van der Waals surface area (Å²) in [6.45, 7) is 7.93. The second-order valence-corrected chi connectivity index (χ2v) is 5.34. The number of esters is 2. The highest BCUT2D eigenvalue weighted by molar-refractivity contribution is 5.95. The van der Waals surface area contributed by atoms with Crippen molar-refractivity contribution >= 4 is 11.9 Å². The van der Waals surface area contributed by atoms with Crippen molar-refractivity contribution < 1.29 is 23.8 Å². The molecule has 0 N–H and O–H groups in total. The summed E-state index contributed by atoms with van der Waals surface area (Å²) in [5.41, 5.74) is 1.04. The predicted octanol–water partition coefficient (Wildman–Crippen LogP) is 2.97. The summed E-state index contributed by atoms with van der Waals surface area (Å²) in [4.78, 5) is 24.2. The molecule has 1 rings (SSSR count). The van der Waals surface area contributed by atoms with Crippen LogP contribution in [0.4, 0.5) is 0 Å². The fraction of sp³-hybridized carbons (Fsp3) is 0.556. The third kappa shape index (κ3) is 6.02. The molecule has 5 heteroatoms. The van der Waals surface area contributed by atoms with Crippen LogP contribution in [0, 0.1) is 11.8 Å². The van der Waals surface area contributed by atoms with Crippen LogP contribution in [0.5, 0.6) is 0 Å². The Kier molecular flexibility index (Phi) is 8.33. The fourth-order valence-electron chi connectivity index (χ4n) is 2.21. The molecule has 0 bridgehead atoms. The van der Waals surface area contributed by atoms with Crippen LogP contribution in [0.1, 0.15) is 33.3 Å². The van der Waals surface area contributed by atoms with Crippen molar-refractivity contribution in [2.24, 2.45) is 11.8 Å². The van der Waals surface area contributed by atoms with Crippen LogP contribution in [0.25, 0.3) is 0 Å². The molecule has 1 aromatic rings. The monoisotopic (exact) mass is 322 g/mol. The van der Waals surface area contributed by atoms with Gasteiger partial charge in [-0.2, -0.15) is 0 Å². The van der Waals surface area contributed by atoms with Crippen LogP contribution in [-0.2, 0) is 30.4 Å². The Bertz CT molecular complexity index is 467. The van der Waals surface area contributed by atoms with E-state index in [4.69, 9.17) is 14.2 Å². The molecule has 0 heterocycles. The molecular weight excluding hydrogens is 296 g/mol. The number of carbonyl (C=O) groups excluding carboxylic acids is 2. The molecule has 0 fully saturated rings.